The van der Waals surface area contributed by atoms with Crippen LogP contribution in [0.3, 0.4) is 0 Å². The molecule has 2 aromatic rings. The van der Waals surface area contributed by atoms with Gasteiger partial charge >= 0.3 is 5.97 Å². The highest BCUT2D eigenvalue weighted by molar-refractivity contribution is 6.02. The molecule has 1 aromatic carbocycles. The van der Waals surface area contributed by atoms with Gasteiger partial charge in [-0.1, -0.05) is 64.0 Å². The van der Waals surface area contributed by atoms with Crippen molar-refractivity contribution in [3.05, 3.63) is 54.5 Å². The molecule has 1 fully saturated rings. The number of nitrogens with two attached hydrogens (primary N) is 2. The number of carboxylic acid groups (broad SMARTS) is 1. The second kappa shape index (κ2) is 9.70. The molecule has 5 N–H and O–H groups in total. The van der Waals surface area contributed by atoms with Crippen molar-refractivity contribution < 1.29 is 14.7 Å². The molecule has 0 amide bonds. The maximum absolute atomic E-state index is 12.2. The molecule has 1 saturated carbocycles. The van der Waals surface area contributed by atoms with Crippen LogP contribution >= 0.6 is 0 Å². The van der Waals surface area contributed by atoms with E-state index in [4.69, 9.17) is 16.5 Å². The van der Waals surface area contributed by atoms with Crippen LogP contribution in [0.2, 0.25) is 0 Å². The summed E-state index contributed by atoms with van der Waals surface area (Å²) in [5.74, 6) is 4.99. The SMILES string of the molecule is C=C(N=C(ON)C1(C(=O)O)CCCCC1)C(C)(c1ccc(-c2cnc(N)nc2)cc1)C(C)C. The summed E-state index contributed by atoms with van der Waals surface area (Å²) in [4.78, 5) is 30.1. The Hall–Kier alpha value is -3.26. The van der Waals surface area contributed by atoms with Crippen molar-refractivity contribution in [3.63, 3.8) is 0 Å². The summed E-state index contributed by atoms with van der Waals surface area (Å²) in [6, 6.07) is 8.01. The van der Waals surface area contributed by atoms with Crippen LogP contribution in [0.25, 0.3) is 11.1 Å². The van der Waals surface area contributed by atoms with Gasteiger partial charge in [0.05, 0.1) is 0 Å². The molecule has 0 bridgehead atoms. The van der Waals surface area contributed by atoms with E-state index in [1.165, 1.54) is 0 Å². The molecule has 3 rings (SSSR count). The smallest absolute Gasteiger partial charge is 0.319 e. The van der Waals surface area contributed by atoms with Crippen LogP contribution in [0.5, 0.6) is 0 Å². The second-order valence-electron chi connectivity index (χ2n) is 9.19. The molecule has 0 spiro atoms. The third-order valence-corrected chi connectivity index (χ3v) is 7.12. The number of aromatic nitrogens is 2. The summed E-state index contributed by atoms with van der Waals surface area (Å²) in [5, 5.41) is 10.0. The number of carboxylic acids is 1. The highest BCUT2D eigenvalue weighted by Crippen LogP contribution is 2.43. The number of hydrogen-bond acceptors (Lipinski definition) is 7. The number of carbonyl (C=O) groups is 1. The molecule has 176 valence electrons. The number of nitrogens with zero attached hydrogens (tertiary/aromatic N) is 3. The third kappa shape index (κ3) is 4.61. The fourth-order valence-corrected chi connectivity index (χ4v) is 4.49. The van der Waals surface area contributed by atoms with E-state index in [-0.39, 0.29) is 17.8 Å². The number of benzene rings is 1. The summed E-state index contributed by atoms with van der Waals surface area (Å²) in [6.45, 7) is 10.5. The molecule has 0 aliphatic heterocycles. The molecular formula is C25H33N5O3. The van der Waals surface area contributed by atoms with Crippen LogP contribution in [0, 0.1) is 11.3 Å². The number of anilines is 1. The Morgan fingerprint density at radius 2 is 1.73 bits per heavy atom. The zero-order valence-electron chi connectivity index (χ0n) is 19.5. The van der Waals surface area contributed by atoms with E-state index in [1.807, 2.05) is 31.2 Å². The van der Waals surface area contributed by atoms with E-state index >= 15 is 0 Å². The molecule has 8 nitrogen and oxygen atoms in total. The monoisotopic (exact) mass is 451 g/mol. The molecule has 1 unspecified atom stereocenters. The summed E-state index contributed by atoms with van der Waals surface area (Å²) < 4.78 is 0. The van der Waals surface area contributed by atoms with Crippen molar-refractivity contribution in [1.82, 2.24) is 9.97 Å². The highest BCUT2D eigenvalue weighted by Gasteiger charge is 2.47. The van der Waals surface area contributed by atoms with Gasteiger partial charge in [0.15, 0.2) is 0 Å². The molecule has 8 heteroatoms. The summed E-state index contributed by atoms with van der Waals surface area (Å²) in [5.41, 5.74) is 7.11. The molecule has 1 atom stereocenters. The van der Waals surface area contributed by atoms with Gasteiger partial charge in [-0.25, -0.2) is 15.0 Å². The molecule has 1 aliphatic rings. The first-order valence-corrected chi connectivity index (χ1v) is 11.2. The topological polar surface area (TPSA) is 137 Å². The van der Waals surface area contributed by atoms with Gasteiger partial charge in [0.2, 0.25) is 11.8 Å². The highest BCUT2D eigenvalue weighted by atomic mass is 16.6. The summed E-state index contributed by atoms with van der Waals surface area (Å²) in [7, 11) is 0. The Morgan fingerprint density at radius 1 is 1.15 bits per heavy atom. The first-order chi connectivity index (χ1) is 15.6. The molecule has 1 aliphatic carbocycles. The first kappa shape index (κ1) is 24.4. The minimum Gasteiger partial charge on any atom is -0.480 e. The Bertz CT molecular complexity index is 1030. The average molecular weight is 452 g/mol. The minimum atomic E-state index is -1.22. The predicted octanol–water partition coefficient (Wildman–Crippen LogP) is 4.48. The average Bonchev–Trinajstić information content (AvgIpc) is 2.82. The maximum Gasteiger partial charge on any atom is 0.319 e. The number of nitrogen functional groups attached to an aromatic ring is 1. The fourth-order valence-electron chi connectivity index (χ4n) is 4.49. The van der Waals surface area contributed by atoms with Crippen molar-refractivity contribution in [1.29, 1.82) is 0 Å². The lowest BCUT2D eigenvalue weighted by molar-refractivity contribution is -0.147. The normalized spacial score (nSPS) is 17.9. The van der Waals surface area contributed by atoms with Crippen LogP contribution < -0.4 is 11.6 Å². The van der Waals surface area contributed by atoms with Crippen LogP contribution in [-0.2, 0) is 15.0 Å². The number of aliphatic carboxylic acids is 1. The van der Waals surface area contributed by atoms with E-state index in [2.05, 4.69) is 35.4 Å². The Kier molecular flexibility index (Phi) is 7.17. The van der Waals surface area contributed by atoms with Crippen molar-refractivity contribution in [2.45, 2.75) is 58.3 Å². The molecule has 0 saturated heterocycles. The lowest BCUT2D eigenvalue weighted by Gasteiger charge is -2.37. The zero-order valence-corrected chi connectivity index (χ0v) is 19.5. The lowest BCUT2D eigenvalue weighted by atomic mass is 9.70. The molecular weight excluding hydrogens is 418 g/mol. The van der Waals surface area contributed by atoms with Crippen LogP contribution in [0.15, 0.2) is 53.9 Å². The fraction of sp³-hybridized carbons (Fsp3) is 0.440. The van der Waals surface area contributed by atoms with Gasteiger partial charge in [0, 0.05) is 29.1 Å². The Labute approximate surface area is 194 Å². The first-order valence-electron chi connectivity index (χ1n) is 11.2. The van der Waals surface area contributed by atoms with Gasteiger partial charge in [-0.05, 0) is 36.8 Å². The van der Waals surface area contributed by atoms with Gasteiger partial charge in [-0.3, -0.25) is 4.79 Å². The standard InChI is InChI=1S/C25H33N5O3/c1-16(2)24(4,20-10-8-18(9-11-20)19-14-28-23(26)29-15-19)17(3)30-21(33-27)25(22(31)32)12-6-5-7-13-25/h8-11,14-16H,3,5-7,12-13,27H2,1-2,4H3,(H,31,32)(H2,26,28,29). The molecule has 1 aromatic heterocycles. The van der Waals surface area contributed by atoms with Crippen LogP contribution in [-0.4, -0.2) is 26.9 Å². The van der Waals surface area contributed by atoms with Gasteiger partial charge in [-0.2, -0.15) is 5.90 Å². The van der Waals surface area contributed by atoms with Crippen LogP contribution in [0.1, 0.15) is 58.4 Å². The number of allylic oxidation sites excluding steroid dienone is 1. The van der Waals surface area contributed by atoms with Gasteiger partial charge < -0.3 is 15.7 Å². The minimum absolute atomic E-state index is 0.0298. The van der Waals surface area contributed by atoms with Crippen LogP contribution in [0.4, 0.5) is 5.95 Å². The maximum atomic E-state index is 12.2. The predicted molar refractivity (Wildman–Crippen MR) is 129 cm³/mol. The Balaban J connectivity index is 1.98. The van der Waals surface area contributed by atoms with Crippen molar-refractivity contribution >= 4 is 17.8 Å². The van der Waals surface area contributed by atoms with Crippen molar-refractivity contribution in [2.75, 3.05) is 5.73 Å². The van der Waals surface area contributed by atoms with Gasteiger partial charge in [-0.15, -0.1) is 0 Å². The number of aliphatic imine (C=N–C) groups is 1. The quantitative estimate of drug-likeness (QED) is 0.321. The second-order valence-corrected chi connectivity index (χ2v) is 9.19. The van der Waals surface area contributed by atoms with Crippen molar-refractivity contribution in [2.24, 2.45) is 22.2 Å². The van der Waals surface area contributed by atoms with Gasteiger partial charge in [0.25, 0.3) is 0 Å². The van der Waals surface area contributed by atoms with E-state index in [0.29, 0.717) is 18.5 Å². The number of hydrogen-bond donors (Lipinski definition) is 3. The summed E-state index contributed by atoms with van der Waals surface area (Å²) >= 11 is 0. The summed E-state index contributed by atoms with van der Waals surface area (Å²) in [6.07, 6.45) is 6.83. The van der Waals surface area contributed by atoms with E-state index in [0.717, 1.165) is 36.0 Å². The van der Waals surface area contributed by atoms with Crippen molar-refractivity contribution in [3.8, 4) is 11.1 Å². The zero-order chi connectivity index (χ0) is 24.2. The lowest BCUT2D eigenvalue weighted by Crippen LogP contribution is -2.44. The third-order valence-electron chi connectivity index (χ3n) is 7.12. The van der Waals surface area contributed by atoms with E-state index < -0.39 is 16.8 Å². The van der Waals surface area contributed by atoms with E-state index in [1.54, 1.807) is 12.4 Å². The molecule has 0 radical (unpaired) electrons. The Morgan fingerprint density at radius 3 is 2.21 bits per heavy atom. The van der Waals surface area contributed by atoms with E-state index in [9.17, 15) is 9.90 Å². The number of rotatable bonds is 7. The largest absolute Gasteiger partial charge is 0.480 e. The van der Waals surface area contributed by atoms with Gasteiger partial charge in [0.1, 0.15) is 5.41 Å². The molecule has 33 heavy (non-hydrogen) atoms. The molecule has 1 heterocycles.